The summed E-state index contributed by atoms with van der Waals surface area (Å²) in [6.07, 6.45) is 0. The summed E-state index contributed by atoms with van der Waals surface area (Å²) >= 11 is 5.98. The molecule has 0 bridgehead atoms. The van der Waals surface area contributed by atoms with E-state index in [-0.39, 0.29) is 6.04 Å². The lowest BCUT2D eigenvalue weighted by molar-refractivity contribution is 0.538. The molecule has 3 heteroatoms. The second kappa shape index (κ2) is 5.74. The van der Waals surface area contributed by atoms with E-state index in [2.05, 4.69) is 47.0 Å². The summed E-state index contributed by atoms with van der Waals surface area (Å²) in [4.78, 5) is 0. The molecule has 2 N–H and O–H groups in total. The van der Waals surface area contributed by atoms with Crippen LogP contribution in [0.1, 0.15) is 22.7 Å². The van der Waals surface area contributed by atoms with Gasteiger partial charge in [-0.05, 0) is 28.8 Å². The fraction of sp³-hybridized carbons (Fsp3) is 0.250. The average molecular weight is 273 g/mol. The van der Waals surface area contributed by atoms with Crippen LogP contribution in [0.25, 0.3) is 0 Å². The van der Waals surface area contributed by atoms with Crippen molar-refractivity contribution in [1.82, 2.24) is 10.6 Å². The van der Waals surface area contributed by atoms with Gasteiger partial charge in [0.2, 0.25) is 0 Å². The van der Waals surface area contributed by atoms with Crippen molar-refractivity contribution in [2.24, 2.45) is 0 Å². The molecule has 3 rings (SSSR count). The minimum absolute atomic E-state index is 0.246. The van der Waals surface area contributed by atoms with Crippen LogP contribution >= 0.6 is 11.6 Å². The molecule has 2 aromatic carbocycles. The first kappa shape index (κ1) is 12.7. The van der Waals surface area contributed by atoms with Gasteiger partial charge in [0.25, 0.3) is 0 Å². The highest BCUT2D eigenvalue weighted by atomic mass is 35.5. The van der Waals surface area contributed by atoms with Crippen LogP contribution in [0.15, 0.2) is 48.5 Å². The molecule has 0 amide bonds. The van der Waals surface area contributed by atoms with E-state index in [0.717, 1.165) is 24.7 Å². The zero-order valence-electron chi connectivity index (χ0n) is 10.7. The molecule has 0 aliphatic carbocycles. The highest BCUT2D eigenvalue weighted by Crippen LogP contribution is 2.26. The van der Waals surface area contributed by atoms with Crippen molar-refractivity contribution in [3.05, 3.63) is 70.2 Å². The minimum atomic E-state index is 0.246. The Hall–Kier alpha value is -1.35. The van der Waals surface area contributed by atoms with Crippen molar-refractivity contribution >= 4 is 11.6 Å². The number of halogens is 1. The Morgan fingerprint density at radius 1 is 0.947 bits per heavy atom. The van der Waals surface area contributed by atoms with E-state index in [1.54, 1.807) is 0 Å². The van der Waals surface area contributed by atoms with Gasteiger partial charge in [-0.2, -0.15) is 0 Å². The van der Waals surface area contributed by atoms with Crippen LogP contribution < -0.4 is 10.6 Å². The summed E-state index contributed by atoms with van der Waals surface area (Å²) in [6, 6.07) is 17.0. The number of nitrogens with one attached hydrogen (secondary N) is 2. The Balaban J connectivity index is 2.02. The van der Waals surface area contributed by atoms with Gasteiger partial charge in [0.15, 0.2) is 0 Å². The van der Waals surface area contributed by atoms with Crippen molar-refractivity contribution in [2.75, 3.05) is 13.1 Å². The zero-order valence-corrected chi connectivity index (χ0v) is 11.5. The van der Waals surface area contributed by atoms with Crippen molar-refractivity contribution in [2.45, 2.75) is 12.6 Å². The monoisotopic (exact) mass is 272 g/mol. The van der Waals surface area contributed by atoms with Gasteiger partial charge in [0.1, 0.15) is 0 Å². The third-order valence-corrected chi connectivity index (χ3v) is 3.79. The molecular weight excluding hydrogens is 256 g/mol. The summed E-state index contributed by atoms with van der Waals surface area (Å²) in [6.45, 7) is 2.88. The van der Waals surface area contributed by atoms with Gasteiger partial charge >= 0.3 is 0 Å². The summed E-state index contributed by atoms with van der Waals surface area (Å²) in [5, 5.41) is 7.83. The van der Waals surface area contributed by atoms with E-state index in [0.29, 0.717) is 0 Å². The van der Waals surface area contributed by atoms with Crippen LogP contribution in [0, 0.1) is 0 Å². The quantitative estimate of drug-likeness (QED) is 0.834. The maximum Gasteiger partial charge on any atom is 0.0580 e. The van der Waals surface area contributed by atoms with Crippen LogP contribution in [0.4, 0.5) is 0 Å². The fourth-order valence-electron chi connectivity index (χ4n) is 2.57. The molecule has 0 saturated carbocycles. The molecular formula is C16H17ClN2. The lowest BCUT2D eigenvalue weighted by Crippen LogP contribution is -2.34. The average Bonchev–Trinajstić information content (AvgIpc) is 2.42. The Bertz CT molecular complexity index is 551. The van der Waals surface area contributed by atoms with E-state index in [9.17, 15) is 0 Å². The fourth-order valence-corrected chi connectivity index (χ4v) is 2.69. The number of rotatable bonds is 1. The first-order valence-electron chi connectivity index (χ1n) is 6.62. The van der Waals surface area contributed by atoms with E-state index in [4.69, 9.17) is 11.6 Å². The molecule has 1 heterocycles. The molecule has 98 valence electrons. The topological polar surface area (TPSA) is 24.1 Å². The van der Waals surface area contributed by atoms with Crippen molar-refractivity contribution in [3.8, 4) is 0 Å². The second-order valence-electron chi connectivity index (χ2n) is 4.81. The molecule has 1 atom stereocenters. The highest BCUT2D eigenvalue weighted by molar-refractivity contribution is 6.30. The third-order valence-electron chi connectivity index (χ3n) is 3.54. The Labute approximate surface area is 118 Å². The molecule has 0 aromatic heterocycles. The van der Waals surface area contributed by atoms with Crippen molar-refractivity contribution in [3.63, 3.8) is 0 Å². The summed E-state index contributed by atoms with van der Waals surface area (Å²) in [7, 11) is 0. The normalized spacial score (nSPS) is 19.3. The van der Waals surface area contributed by atoms with Gasteiger partial charge in [-0.15, -0.1) is 0 Å². The standard InChI is InChI=1S/C16H17ClN2/c17-14-7-5-12(6-8-14)16-15-4-2-1-3-13(15)11-18-9-10-19-16/h1-8,16,18-19H,9-11H2/t16-/m0/s1. The molecule has 0 fully saturated rings. The molecule has 1 aliphatic rings. The minimum Gasteiger partial charge on any atom is -0.311 e. The number of hydrogen-bond acceptors (Lipinski definition) is 2. The van der Waals surface area contributed by atoms with E-state index >= 15 is 0 Å². The summed E-state index contributed by atoms with van der Waals surface area (Å²) in [5.41, 5.74) is 3.96. The zero-order chi connectivity index (χ0) is 13.1. The maximum atomic E-state index is 5.98. The molecule has 19 heavy (non-hydrogen) atoms. The molecule has 0 unspecified atom stereocenters. The van der Waals surface area contributed by atoms with E-state index < -0.39 is 0 Å². The lowest BCUT2D eigenvalue weighted by Gasteiger charge is -2.25. The molecule has 0 spiro atoms. The Kier molecular flexibility index (Phi) is 3.83. The van der Waals surface area contributed by atoms with Crippen molar-refractivity contribution in [1.29, 1.82) is 0 Å². The number of fused-ring (bicyclic) bond motifs is 1. The van der Waals surface area contributed by atoms with Crippen LogP contribution in [-0.4, -0.2) is 13.1 Å². The van der Waals surface area contributed by atoms with Gasteiger partial charge < -0.3 is 10.6 Å². The van der Waals surface area contributed by atoms with E-state index in [1.807, 2.05) is 12.1 Å². The first-order valence-corrected chi connectivity index (χ1v) is 7.00. The van der Waals surface area contributed by atoms with Crippen LogP contribution in [0.2, 0.25) is 5.02 Å². The van der Waals surface area contributed by atoms with Gasteiger partial charge in [-0.25, -0.2) is 0 Å². The SMILES string of the molecule is Clc1ccc([C@@H]2NCCNCc3ccccc32)cc1. The third kappa shape index (κ3) is 2.81. The molecule has 0 saturated heterocycles. The largest absolute Gasteiger partial charge is 0.311 e. The Morgan fingerprint density at radius 2 is 1.74 bits per heavy atom. The van der Waals surface area contributed by atoms with Gasteiger partial charge in [-0.3, -0.25) is 0 Å². The van der Waals surface area contributed by atoms with Gasteiger partial charge in [0.05, 0.1) is 6.04 Å². The summed E-state index contributed by atoms with van der Waals surface area (Å²) < 4.78 is 0. The molecule has 2 aromatic rings. The molecule has 1 aliphatic heterocycles. The van der Waals surface area contributed by atoms with Gasteiger partial charge in [0, 0.05) is 24.7 Å². The predicted octanol–water partition coefficient (Wildman–Crippen LogP) is 3.12. The number of hydrogen-bond donors (Lipinski definition) is 2. The first-order chi connectivity index (χ1) is 9.34. The highest BCUT2D eigenvalue weighted by Gasteiger charge is 2.18. The smallest absolute Gasteiger partial charge is 0.0580 e. The van der Waals surface area contributed by atoms with Crippen LogP contribution in [0.3, 0.4) is 0 Å². The second-order valence-corrected chi connectivity index (χ2v) is 5.25. The van der Waals surface area contributed by atoms with Crippen LogP contribution in [-0.2, 0) is 6.54 Å². The maximum absolute atomic E-state index is 5.98. The predicted molar refractivity (Wildman–Crippen MR) is 79.4 cm³/mol. The molecule has 0 radical (unpaired) electrons. The Morgan fingerprint density at radius 3 is 2.58 bits per heavy atom. The van der Waals surface area contributed by atoms with Crippen molar-refractivity contribution < 1.29 is 0 Å². The molecule has 2 nitrogen and oxygen atoms in total. The summed E-state index contributed by atoms with van der Waals surface area (Å²) in [5.74, 6) is 0. The number of benzene rings is 2. The van der Waals surface area contributed by atoms with Crippen LogP contribution in [0.5, 0.6) is 0 Å². The lowest BCUT2D eigenvalue weighted by atomic mass is 9.93. The van der Waals surface area contributed by atoms with Gasteiger partial charge in [-0.1, -0.05) is 48.0 Å². The van der Waals surface area contributed by atoms with E-state index in [1.165, 1.54) is 16.7 Å².